The normalized spacial score (nSPS) is 12.1. The average molecular weight is 226 g/mol. The first kappa shape index (κ1) is 12.2. The summed E-state index contributed by atoms with van der Waals surface area (Å²) < 4.78 is 4.94. The molecule has 1 atom stereocenters. The zero-order chi connectivity index (χ0) is 12.1. The van der Waals surface area contributed by atoms with Gasteiger partial charge in [-0.1, -0.05) is 5.16 Å². The van der Waals surface area contributed by atoms with Crippen LogP contribution in [0.15, 0.2) is 10.6 Å². The molecule has 0 aliphatic heterocycles. The Balaban J connectivity index is 2.50. The number of aliphatic carboxylic acids is 1. The molecule has 0 radical (unpaired) electrons. The number of aryl methyl sites for hydroxylation is 2. The molecule has 0 bridgehead atoms. The molecular weight excluding hydrogens is 212 g/mol. The molecule has 0 saturated heterocycles. The average Bonchev–Trinajstić information content (AvgIpc) is 2.58. The fraction of sp³-hybridized carbons (Fsp3) is 0.500. The summed E-state index contributed by atoms with van der Waals surface area (Å²) in [6.07, 6.45) is 0.710. The van der Waals surface area contributed by atoms with Crippen molar-refractivity contribution in [3.05, 3.63) is 17.5 Å². The van der Waals surface area contributed by atoms with Gasteiger partial charge in [0.2, 0.25) is 5.91 Å². The topological polar surface area (TPSA) is 92.4 Å². The van der Waals surface area contributed by atoms with E-state index in [1.54, 1.807) is 13.0 Å². The molecule has 1 aromatic rings. The molecule has 1 aromatic heterocycles. The number of carboxylic acids is 1. The Labute approximate surface area is 92.6 Å². The van der Waals surface area contributed by atoms with Crippen LogP contribution in [0, 0.1) is 6.92 Å². The van der Waals surface area contributed by atoms with Gasteiger partial charge in [0.25, 0.3) is 0 Å². The number of hydrogen-bond donors (Lipinski definition) is 2. The number of carbonyl (C=O) groups excluding carboxylic acids is 1. The van der Waals surface area contributed by atoms with Crippen LogP contribution in [-0.4, -0.2) is 28.2 Å². The molecule has 0 saturated carbocycles. The Hall–Kier alpha value is -1.85. The zero-order valence-corrected chi connectivity index (χ0v) is 9.19. The summed E-state index contributed by atoms with van der Waals surface area (Å²) in [5, 5.41) is 14.9. The van der Waals surface area contributed by atoms with Crippen LogP contribution >= 0.6 is 0 Å². The van der Waals surface area contributed by atoms with Gasteiger partial charge >= 0.3 is 5.97 Å². The second-order valence-corrected chi connectivity index (χ2v) is 3.56. The van der Waals surface area contributed by atoms with E-state index in [2.05, 4.69) is 10.5 Å². The van der Waals surface area contributed by atoms with Gasteiger partial charge in [0.1, 0.15) is 11.8 Å². The molecule has 0 spiro atoms. The van der Waals surface area contributed by atoms with Crippen molar-refractivity contribution in [2.24, 2.45) is 0 Å². The van der Waals surface area contributed by atoms with E-state index in [-0.39, 0.29) is 12.3 Å². The standard InChI is InChI=1S/C10H14N2O4/c1-6-5-8(16-12-6)3-4-9(10(14)15)11-7(2)13/h5,9H,3-4H2,1-2H3,(H,11,13)(H,14,15). The highest BCUT2D eigenvalue weighted by atomic mass is 16.5. The Morgan fingerprint density at radius 2 is 2.31 bits per heavy atom. The van der Waals surface area contributed by atoms with Crippen LogP contribution in [0.1, 0.15) is 24.8 Å². The monoisotopic (exact) mass is 226 g/mol. The van der Waals surface area contributed by atoms with E-state index < -0.39 is 12.0 Å². The molecular formula is C10H14N2O4. The van der Waals surface area contributed by atoms with Gasteiger partial charge in [-0.2, -0.15) is 0 Å². The first-order chi connectivity index (χ1) is 7.49. The molecule has 16 heavy (non-hydrogen) atoms. The maximum atomic E-state index is 10.8. The summed E-state index contributed by atoms with van der Waals surface area (Å²) in [5.74, 6) is -0.790. The largest absolute Gasteiger partial charge is 0.480 e. The van der Waals surface area contributed by atoms with E-state index in [1.807, 2.05) is 0 Å². The van der Waals surface area contributed by atoms with Gasteiger partial charge in [0.15, 0.2) is 0 Å². The number of aromatic nitrogens is 1. The summed E-state index contributed by atoms with van der Waals surface area (Å²) in [4.78, 5) is 21.6. The number of carbonyl (C=O) groups is 2. The number of nitrogens with one attached hydrogen (secondary N) is 1. The van der Waals surface area contributed by atoms with E-state index in [9.17, 15) is 9.59 Å². The van der Waals surface area contributed by atoms with Gasteiger partial charge in [0, 0.05) is 19.4 Å². The number of hydrogen-bond acceptors (Lipinski definition) is 4. The van der Waals surface area contributed by atoms with Gasteiger partial charge in [-0.05, 0) is 13.3 Å². The Kier molecular flexibility index (Phi) is 4.04. The highest BCUT2D eigenvalue weighted by Gasteiger charge is 2.18. The van der Waals surface area contributed by atoms with Gasteiger partial charge < -0.3 is 14.9 Å². The van der Waals surface area contributed by atoms with Gasteiger partial charge in [-0.3, -0.25) is 4.79 Å². The molecule has 1 heterocycles. The summed E-state index contributed by atoms with van der Waals surface area (Å²) in [6.45, 7) is 3.07. The third kappa shape index (κ3) is 3.72. The van der Waals surface area contributed by atoms with E-state index in [0.717, 1.165) is 5.69 Å². The molecule has 0 aromatic carbocycles. The molecule has 1 amide bonds. The van der Waals surface area contributed by atoms with Gasteiger partial charge in [-0.25, -0.2) is 4.79 Å². The lowest BCUT2D eigenvalue weighted by Crippen LogP contribution is -2.39. The Bertz CT molecular complexity index is 386. The van der Waals surface area contributed by atoms with Crippen molar-refractivity contribution in [2.75, 3.05) is 0 Å². The zero-order valence-electron chi connectivity index (χ0n) is 9.19. The predicted molar refractivity (Wildman–Crippen MR) is 54.8 cm³/mol. The predicted octanol–water partition coefficient (Wildman–Crippen LogP) is 0.505. The van der Waals surface area contributed by atoms with E-state index in [0.29, 0.717) is 12.2 Å². The third-order valence-corrected chi connectivity index (χ3v) is 2.03. The molecule has 2 N–H and O–H groups in total. The van der Waals surface area contributed by atoms with Crippen LogP contribution in [0.5, 0.6) is 0 Å². The Morgan fingerprint density at radius 3 is 2.75 bits per heavy atom. The van der Waals surface area contributed by atoms with Crippen LogP contribution < -0.4 is 5.32 Å². The number of nitrogens with zero attached hydrogens (tertiary/aromatic N) is 1. The van der Waals surface area contributed by atoms with Crippen molar-refractivity contribution in [3.63, 3.8) is 0 Å². The molecule has 0 fully saturated rings. The van der Waals surface area contributed by atoms with E-state index in [4.69, 9.17) is 9.63 Å². The first-order valence-electron chi connectivity index (χ1n) is 4.91. The number of rotatable bonds is 5. The molecule has 6 nitrogen and oxygen atoms in total. The molecule has 1 unspecified atom stereocenters. The van der Waals surface area contributed by atoms with Crippen molar-refractivity contribution in [1.82, 2.24) is 10.5 Å². The van der Waals surface area contributed by atoms with E-state index in [1.165, 1.54) is 6.92 Å². The molecule has 0 aliphatic rings. The fourth-order valence-electron chi connectivity index (χ4n) is 1.32. The van der Waals surface area contributed by atoms with Crippen LogP contribution in [0.25, 0.3) is 0 Å². The smallest absolute Gasteiger partial charge is 0.326 e. The lowest BCUT2D eigenvalue weighted by molar-refractivity contribution is -0.141. The molecule has 0 aliphatic carbocycles. The quantitative estimate of drug-likeness (QED) is 0.762. The lowest BCUT2D eigenvalue weighted by atomic mass is 10.1. The van der Waals surface area contributed by atoms with Crippen molar-refractivity contribution in [3.8, 4) is 0 Å². The van der Waals surface area contributed by atoms with Gasteiger partial charge in [0.05, 0.1) is 5.69 Å². The maximum absolute atomic E-state index is 10.8. The molecule has 1 rings (SSSR count). The minimum atomic E-state index is -1.05. The second-order valence-electron chi connectivity index (χ2n) is 3.56. The maximum Gasteiger partial charge on any atom is 0.326 e. The van der Waals surface area contributed by atoms with Crippen LogP contribution in [-0.2, 0) is 16.0 Å². The van der Waals surface area contributed by atoms with Crippen molar-refractivity contribution in [2.45, 2.75) is 32.7 Å². The lowest BCUT2D eigenvalue weighted by Gasteiger charge is -2.11. The van der Waals surface area contributed by atoms with Crippen LogP contribution in [0.3, 0.4) is 0 Å². The highest BCUT2D eigenvalue weighted by molar-refractivity contribution is 5.81. The summed E-state index contributed by atoms with van der Waals surface area (Å²) in [7, 11) is 0. The SMILES string of the molecule is CC(=O)NC(CCc1cc(C)no1)C(=O)O. The molecule has 88 valence electrons. The minimum absolute atomic E-state index is 0.281. The summed E-state index contributed by atoms with van der Waals surface area (Å²) >= 11 is 0. The number of amides is 1. The number of carboxylic acid groups (broad SMARTS) is 1. The minimum Gasteiger partial charge on any atom is -0.480 e. The van der Waals surface area contributed by atoms with E-state index >= 15 is 0 Å². The Morgan fingerprint density at radius 1 is 1.62 bits per heavy atom. The molecule has 6 heteroatoms. The van der Waals surface area contributed by atoms with Gasteiger partial charge in [-0.15, -0.1) is 0 Å². The third-order valence-electron chi connectivity index (χ3n) is 2.03. The van der Waals surface area contributed by atoms with Crippen LogP contribution in [0.2, 0.25) is 0 Å². The van der Waals surface area contributed by atoms with Crippen molar-refractivity contribution >= 4 is 11.9 Å². The first-order valence-corrected chi connectivity index (χ1v) is 4.91. The summed E-state index contributed by atoms with van der Waals surface area (Å²) in [6, 6.07) is 0.857. The van der Waals surface area contributed by atoms with Crippen molar-refractivity contribution < 1.29 is 19.2 Å². The highest BCUT2D eigenvalue weighted by Crippen LogP contribution is 2.07. The van der Waals surface area contributed by atoms with Crippen molar-refractivity contribution in [1.29, 1.82) is 0 Å². The second kappa shape index (κ2) is 5.29. The van der Waals surface area contributed by atoms with Crippen LogP contribution in [0.4, 0.5) is 0 Å². The fourth-order valence-corrected chi connectivity index (χ4v) is 1.32. The summed E-state index contributed by atoms with van der Waals surface area (Å²) in [5.41, 5.74) is 0.751.